The van der Waals surface area contributed by atoms with Crippen molar-refractivity contribution in [3.8, 4) is 0 Å². The number of hydrogen-bond acceptors (Lipinski definition) is 17. The Bertz CT molecular complexity index is 1550. The number of fused-ring (bicyclic) bond motifs is 1. The van der Waals surface area contributed by atoms with E-state index in [4.69, 9.17) is 24.3 Å². The number of nitrogen functional groups attached to an aromatic ring is 1. The number of Topliss-reactive ketones (excluding diaryl/α,β-unsaturated/α-hetero) is 1. The van der Waals surface area contributed by atoms with Gasteiger partial charge in [-0.05, 0) is 13.3 Å². The van der Waals surface area contributed by atoms with Crippen LogP contribution in [0.15, 0.2) is 36.7 Å². The molecule has 5 rings (SSSR count). The van der Waals surface area contributed by atoms with Crippen molar-refractivity contribution >= 4 is 38.4 Å². The van der Waals surface area contributed by atoms with Crippen molar-refractivity contribution in [1.29, 1.82) is 0 Å². The average molecular weight is 664 g/mol. The van der Waals surface area contributed by atoms with E-state index in [1.807, 2.05) is 0 Å². The van der Waals surface area contributed by atoms with Gasteiger partial charge >= 0.3 is 15.6 Å². The van der Waals surface area contributed by atoms with E-state index in [1.165, 1.54) is 35.1 Å². The van der Waals surface area contributed by atoms with Crippen molar-refractivity contribution in [3.63, 3.8) is 0 Å². The number of aliphatic hydroxyl groups excluding tert-OH is 4. The van der Waals surface area contributed by atoms with Gasteiger partial charge in [-0.1, -0.05) is 6.08 Å². The van der Waals surface area contributed by atoms with Gasteiger partial charge in [0.25, 0.3) is 0 Å². The average Bonchev–Trinajstić information content (AvgIpc) is 3.61. The molecule has 3 aliphatic heterocycles. The third kappa shape index (κ3) is 6.77. The van der Waals surface area contributed by atoms with Crippen LogP contribution in [-0.4, -0.2) is 116 Å². The lowest BCUT2D eigenvalue weighted by Crippen LogP contribution is -2.40. The van der Waals surface area contributed by atoms with Gasteiger partial charge in [0.15, 0.2) is 29.7 Å². The molecule has 10 atom stereocenters. The van der Waals surface area contributed by atoms with Gasteiger partial charge < -0.3 is 50.3 Å². The van der Waals surface area contributed by atoms with Crippen LogP contribution < -0.4 is 5.73 Å². The van der Waals surface area contributed by atoms with Gasteiger partial charge in [-0.15, -0.1) is 0 Å². The van der Waals surface area contributed by atoms with E-state index < -0.39 is 77.9 Å². The lowest BCUT2D eigenvalue weighted by molar-refractivity contribution is -0.114. The highest BCUT2D eigenvalue weighted by atomic mass is 31.3. The number of nitrogens with two attached hydrogens (primary N) is 1. The third-order valence-electron chi connectivity index (χ3n) is 7.01. The normalized spacial score (nSPS) is 33.3. The van der Waals surface area contributed by atoms with Crippen molar-refractivity contribution in [3.05, 3.63) is 36.7 Å². The molecule has 3 aliphatic rings. The van der Waals surface area contributed by atoms with Crippen LogP contribution in [0.5, 0.6) is 0 Å². The van der Waals surface area contributed by atoms with E-state index in [2.05, 4.69) is 19.3 Å². The van der Waals surface area contributed by atoms with E-state index in [0.29, 0.717) is 12.0 Å². The van der Waals surface area contributed by atoms with Gasteiger partial charge in [0.05, 0.1) is 19.5 Å². The van der Waals surface area contributed by atoms with Crippen LogP contribution in [0.1, 0.15) is 19.6 Å². The number of phosphoric acid groups is 2. The van der Waals surface area contributed by atoms with Gasteiger partial charge in [0.1, 0.15) is 48.5 Å². The highest BCUT2D eigenvalue weighted by Crippen LogP contribution is 2.60. The Labute approximate surface area is 248 Å². The molecule has 22 heteroatoms. The van der Waals surface area contributed by atoms with Crippen molar-refractivity contribution < 1.29 is 67.0 Å². The number of nitrogens with zero attached hydrogens (tertiary/aromatic N) is 5. The summed E-state index contributed by atoms with van der Waals surface area (Å²) in [5.74, 6) is -0.154. The van der Waals surface area contributed by atoms with Gasteiger partial charge in [0, 0.05) is 18.0 Å². The number of hydrogen-bond donors (Lipinski definition) is 7. The summed E-state index contributed by atoms with van der Waals surface area (Å²) in [4.78, 5) is 45.0. The SMILES string of the molecule is CC(=O)C1=CN([C@@H]2O[C@H](COP(=O)(O)OP(=O)(O)OCC3OC(n4cnc5c(N)ncnc54)[C@H](O)[C@@H]3O)[C@@H](O)[C@H]2O)C=CC1. The maximum atomic E-state index is 12.4. The minimum absolute atomic E-state index is 0.0558. The number of ketones is 1. The topological polar surface area (TPSA) is 292 Å². The van der Waals surface area contributed by atoms with Crippen molar-refractivity contribution in [2.24, 2.45) is 0 Å². The van der Waals surface area contributed by atoms with Crippen LogP contribution in [0.25, 0.3) is 11.2 Å². The minimum Gasteiger partial charge on any atom is -0.387 e. The van der Waals surface area contributed by atoms with Gasteiger partial charge in [-0.25, -0.2) is 24.1 Å². The summed E-state index contributed by atoms with van der Waals surface area (Å²) < 4.78 is 50.9. The van der Waals surface area contributed by atoms with Gasteiger partial charge in [-0.3, -0.25) is 18.4 Å². The molecule has 0 bridgehead atoms. The molecule has 0 amide bonds. The molecule has 2 aromatic rings. The lowest BCUT2D eigenvalue weighted by atomic mass is 10.1. The Morgan fingerprint density at radius 2 is 1.57 bits per heavy atom. The van der Waals surface area contributed by atoms with E-state index >= 15 is 0 Å². The van der Waals surface area contributed by atoms with Crippen LogP contribution in [0.2, 0.25) is 0 Å². The lowest BCUT2D eigenvalue weighted by Gasteiger charge is -2.28. The number of rotatable bonds is 11. The summed E-state index contributed by atoms with van der Waals surface area (Å²) in [6.07, 6.45) is -4.30. The molecule has 8 N–H and O–H groups in total. The number of carbonyl (C=O) groups excluding carboxylic acids is 1. The molecule has 0 radical (unpaired) electrons. The number of imidazole rings is 1. The standard InChI is InChI=1S/C22H30N6O14P2/c1-10(29)11-3-2-4-27(5-11)21-17(32)15(30)12(40-21)6-38-43(34,35)42-44(36,37)39-7-13-16(31)18(33)22(41-13)28-9-26-14-19(23)24-8-25-20(14)28/h2,4-5,8-9,12-13,15-18,21-22,30-33H,3,6-7H2,1H3,(H,34,35)(H,36,37)(H2,23,24,25)/t12-,13?,15-,16-,17-,18-,21-,22?/m1/s1. The second-order valence-corrected chi connectivity index (χ2v) is 13.1. The summed E-state index contributed by atoms with van der Waals surface area (Å²) >= 11 is 0. The molecule has 242 valence electrons. The highest BCUT2D eigenvalue weighted by Gasteiger charge is 2.48. The smallest absolute Gasteiger partial charge is 0.387 e. The summed E-state index contributed by atoms with van der Waals surface area (Å²) in [6, 6.07) is 0. The molecule has 2 aromatic heterocycles. The Balaban J connectivity index is 1.15. The predicted octanol–water partition coefficient (Wildman–Crippen LogP) is -1.58. The number of ether oxygens (including phenoxy) is 2. The first-order chi connectivity index (χ1) is 20.7. The number of phosphoric ester groups is 2. The zero-order valence-electron chi connectivity index (χ0n) is 22.8. The molecule has 20 nitrogen and oxygen atoms in total. The molecular weight excluding hydrogens is 634 g/mol. The maximum Gasteiger partial charge on any atom is 0.481 e. The number of allylic oxidation sites excluding steroid dienone is 2. The zero-order chi connectivity index (χ0) is 32.0. The van der Waals surface area contributed by atoms with Crippen molar-refractivity contribution in [1.82, 2.24) is 24.4 Å². The molecule has 2 fully saturated rings. The van der Waals surface area contributed by atoms with E-state index in [0.717, 1.165) is 6.33 Å². The first-order valence-electron chi connectivity index (χ1n) is 13.0. The number of anilines is 1. The number of carbonyl (C=O) groups is 1. The Morgan fingerprint density at radius 3 is 2.18 bits per heavy atom. The Kier molecular flexibility index (Phi) is 9.37. The van der Waals surface area contributed by atoms with Crippen LogP contribution >= 0.6 is 15.6 Å². The second-order valence-electron chi connectivity index (χ2n) is 10.0. The maximum absolute atomic E-state index is 12.4. The summed E-state index contributed by atoms with van der Waals surface area (Å²) in [7, 11) is -10.7. The quantitative estimate of drug-likeness (QED) is 0.133. The number of aromatic nitrogens is 4. The fraction of sp³-hybridized carbons (Fsp3) is 0.545. The van der Waals surface area contributed by atoms with Crippen LogP contribution in [-0.2, 0) is 36.8 Å². The summed E-state index contributed by atoms with van der Waals surface area (Å²) in [6.45, 7) is -0.389. The van der Waals surface area contributed by atoms with Gasteiger partial charge in [-0.2, -0.15) is 4.31 Å². The Hall–Kier alpha value is -2.68. The Morgan fingerprint density at radius 1 is 0.977 bits per heavy atom. The molecule has 44 heavy (non-hydrogen) atoms. The van der Waals surface area contributed by atoms with E-state index in [9.17, 15) is 44.1 Å². The largest absolute Gasteiger partial charge is 0.481 e. The van der Waals surface area contributed by atoms with Gasteiger partial charge in [0.2, 0.25) is 0 Å². The first-order valence-corrected chi connectivity index (χ1v) is 15.9. The van der Waals surface area contributed by atoms with Crippen molar-refractivity contribution in [2.45, 2.75) is 62.4 Å². The molecule has 0 spiro atoms. The molecule has 2 saturated heterocycles. The second kappa shape index (κ2) is 12.6. The monoisotopic (exact) mass is 664 g/mol. The van der Waals surface area contributed by atoms with E-state index in [1.54, 1.807) is 6.08 Å². The predicted molar refractivity (Wildman–Crippen MR) is 143 cm³/mol. The minimum atomic E-state index is -5.35. The molecule has 5 heterocycles. The van der Waals surface area contributed by atoms with Crippen LogP contribution in [0.3, 0.4) is 0 Å². The molecule has 0 aromatic carbocycles. The highest BCUT2D eigenvalue weighted by molar-refractivity contribution is 7.61. The summed E-state index contributed by atoms with van der Waals surface area (Å²) in [5, 5.41) is 41.7. The molecule has 0 saturated carbocycles. The molecule has 0 aliphatic carbocycles. The molecule has 4 unspecified atom stereocenters. The van der Waals surface area contributed by atoms with Crippen molar-refractivity contribution in [2.75, 3.05) is 18.9 Å². The number of aliphatic hydroxyl groups is 4. The van der Waals surface area contributed by atoms with Crippen LogP contribution in [0.4, 0.5) is 5.82 Å². The fourth-order valence-corrected chi connectivity index (χ4v) is 6.84. The summed E-state index contributed by atoms with van der Waals surface area (Å²) in [5.41, 5.74) is 6.54. The zero-order valence-corrected chi connectivity index (χ0v) is 24.6. The third-order valence-corrected chi connectivity index (χ3v) is 9.61. The molecular formula is C22H30N6O14P2. The van der Waals surface area contributed by atoms with E-state index in [-0.39, 0.29) is 22.8 Å². The fourth-order valence-electron chi connectivity index (χ4n) is 4.75. The first kappa shape index (κ1) is 32.7. The van der Waals surface area contributed by atoms with Crippen LogP contribution in [0, 0.1) is 0 Å².